The first-order chi connectivity index (χ1) is 13.8. The molecule has 0 bridgehead atoms. The predicted molar refractivity (Wildman–Crippen MR) is 106 cm³/mol. The Bertz CT molecular complexity index is 761. The second kappa shape index (κ2) is 10.7. The average molecular weight is 430 g/mol. The smallest absolute Gasteiger partial charge is 0.417 e. The molecule has 5 nitrogen and oxygen atoms in total. The molecule has 1 heterocycles. The molecule has 0 saturated carbocycles. The average Bonchev–Trinajstić information content (AvgIpc) is 2.65. The Labute approximate surface area is 172 Å². The highest BCUT2D eigenvalue weighted by atomic mass is 32.2. The molecule has 0 fully saturated rings. The molecule has 0 radical (unpaired) electrons. The van der Waals surface area contributed by atoms with E-state index in [4.69, 9.17) is 4.84 Å². The van der Waals surface area contributed by atoms with Crippen LogP contribution in [0.5, 0.6) is 0 Å². The number of aromatic nitrogens is 1. The van der Waals surface area contributed by atoms with Crippen molar-refractivity contribution in [3.63, 3.8) is 0 Å². The quantitative estimate of drug-likeness (QED) is 0.315. The molecule has 9 heteroatoms. The highest BCUT2D eigenvalue weighted by Crippen LogP contribution is 2.32. The van der Waals surface area contributed by atoms with Crippen molar-refractivity contribution >= 4 is 23.3 Å². The lowest BCUT2D eigenvalue weighted by Crippen LogP contribution is -2.25. The van der Waals surface area contributed by atoms with Crippen molar-refractivity contribution < 1.29 is 27.9 Å². The minimum Gasteiger partial charge on any atom is -0.511 e. The third-order valence-corrected chi connectivity index (χ3v) is 5.42. The van der Waals surface area contributed by atoms with E-state index in [0.717, 1.165) is 18.7 Å². The molecule has 0 amide bonds. The van der Waals surface area contributed by atoms with Gasteiger partial charge in [-0.25, -0.2) is 4.98 Å². The number of carbonyl (C=O) groups is 1. The van der Waals surface area contributed by atoms with Crippen molar-refractivity contribution in [2.75, 3.05) is 12.4 Å². The van der Waals surface area contributed by atoms with E-state index >= 15 is 0 Å². The molecule has 2 rings (SSSR count). The summed E-state index contributed by atoms with van der Waals surface area (Å²) in [5, 5.41) is 14.9. The maximum Gasteiger partial charge on any atom is 0.417 e. The third kappa shape index (κ3) is 6.76. The number of thioether (sulfide) groups is 1. The summed E-state index contributed by atoms with van der Waals surface area (Å²) in [6.45, 7) is 4.14. The first-order valence-corrected chi connectivity index (χ1v) is 10.5. The van der Waals surface area contributed by atoms with Gasteiger partial charge in [0.25, 0.3) is 0 Å². The Morgan fingerprint density at radius 2 is 2.10 bits per heavy atom. The first kappa shape index (κ1) is 23.3. The minimum atomic E-state index is -4.40. The number of halogens is 3. The van der Waals surface area contributed by atoms with Crippen LogP contribution >= 0.6 is 11.8 Å². The number of oxime groups is 1. The molecular weight excluding hydrogens is 405 g/mol. The fourth-order valence-electron chi connectivity index (χ4n) is 3.06. The molecule has 160 valence electrons. The van der Waals surface area contributed by atoms with Crippen LogP contribution in [0, 0.1) is 5.92 Å². The van der Waals surface area contributed by atoms with Gasteiger partial charge in [-0.05, 0) is 43.6 Å². The monoisotopic (exact) mass is 430 g/mol. The Hall–Kier alpha value is -2.03. The number of hydrogen-bond acceptors (Lipinski definition) is 6. The van der Waals surface area contributed by atoms with Crippen LogP contribution in [0.25, 0.3) is 0 Å². The van der Waals surface area contributed by atoms with E-state index in [1.807, 2.05) is 6.92 Å². The third-order valence-electron chi connectivity index (χ3n) is 4.44. The molecule has 0 saturated heterocycles. The van der Waals surface area contributed by atoms with Crippen molar-refractivity contribution in [3.05, 3.63) is 35.2 Å². The standard InChI is InChI=1S/C20H25F3N2O3S/c1-3-5-15(25-28-4-2)19-16(26)10-13(11-17(19)27)8-9-29-18-7-6-14(12-24-18)20(21,22)23/h6-7,12-13,26H,3-5,8-11H2,1-2H3/b25-15-. The number of aliphatic hydroxyl groups excluding tert-OH is 1. The number of pyridine rings is 1. The van der Waals surface area contributed by atoms with E-state index in [-0.39, 0.29) is 23.0 Å². The summed E-state index contributed by atoms with van der Waals surface area (Å²) < 4.78 is 37.7. The minimum absolute atomic E-state index is 0.0248. The van der Waals surface area contributed by atoms with Gasteiger partial charge < -0.3 is 9.94 Å². The molecule has 0 aliphatic heterocycles. The Morgan fingerprint density at radius 3 is 2.66 bits per heavy atom. The summed E-state index contributed by atoms with van der Waals surface area (Å²) in [6, 6.07) is 2.35. The number of allylic oxidation sites excluding steroid dienone is 2. The number of alkyl halides is 3. The van der Waals surface area contributed by atoms with E-state index in [9.17, 15) is 23.1 Å². The highest BCUT2D eigenvalue weighted by Gasteiger charge is 2.31. The zero-order chi connectivity index (χ0) is 21.4. The fraction of sp³-hybridized carbons (Fsp3) is 0.550. The normalized spacial score (nSPS) is 18.3. The van der Waals surface area contributed by atoms with Crippen LogP contribution < -0.4 is 0 Å². The van der Waals surface area contributed by atoms with Crippen LogP contribution in [0.15, 0.2) is 39.8 Å². The second-order valence-corrected chi connectivity index (χ2v) is 7.86. The summed E-state index contributed by atoms with van der Waals surface area (Å²) in [5.41, 5.74) is -0.0221. The van der Waals surface area contributed by atoms with Crippen molar-refractivity contribution in [1.29, 1.82) is 0 Å². The van der Waals surface area contributed by atoms with Crippen molar-refractivity contribution in [1.82, 2.24) is 4.98 Å². The van der Waals surface area contributed by atoms with Crippen molar-refractivity contribution in [2.45, 2.75) is 57.2 Å². The van der Waals surface area contributed by atoms with Crippen LogP contribution in [-0.4, -0.2) is 33.9 Å². The molecule has 1 aliphatic carbocycles. The highest BCUT2D eigenvalue weighted by molar-refractivity contribution is 7.99. The van der Waals surface area contributed by atoms with Gasteiger partial charge in [0, 0.05) is 19.0 Å². The molecule has 1 aliphatic rings. The van der Waals surface area contributed by atoms with E-state index in [2.05, 4.69) is 10.1 Å². The zero-order valence-corrected chi connectivity index (χ0v) is 17.3. The number of nitrogens with zero attached hydrogens (tertiary/aromatic N) is 2. The van der Waals surface area contributed by atoms with Gasteiger partial charge in [-0.1, -0.05) is 18.5 Å². The summed E-state index contributed by atoms with van der Waals surface area (Å²) in [7, 11) is 0. The first-order valence-electron chi connectivity index (χ1n) is 9.56. The number of aliphatic hydroxyl groups is 1. The Balaban J connectivity index is 1.94. The molecule has 1 N–H and O–H groups in total. The largest absolute Gasteiger partial charge is 0.511 e. The lowest BCUT2D eigenvalue weighted by molar-refractivity contribution is -0.137. The van der Waals surface area contributed by atoms with Crippen molar-refractivity contribution in [2.24, 2.45) is 11.1 Å². The second-order valence-electron chi connectivity index (χ2n) is 6.74. The SMILES string of the molecule is CCC/C(=N/OCC)C1=C(O)CC(CCSc2ccc(C(F)(F)F)cn2)CC1=O. The van der Waals surface area contributed by atoms with Gasteiger partial charge in [0.15, 0.2) is 5.78 Å². The van der Waals surface area contributed by atoms with Crippen molar-refractivity contribution in [3.8, 4) is 0 Å². The van der Waals surface area contributed by atoms with Crippen LogP contribution in [0.2, 0.25) is 0 Å². The molecule has 29 heavy (non-hydrogen) atoms. The maximum absolute atomic E-state index is 12.6. The molecular formula is C20H25F3N2O3S. The zero-order valence-electron chi connectivity index (χ0n) is 16.5. The fourth-order valence-corrected chi connectivity index (χ4v) is 4.02. The van der Waals surface area contributed by atoms with Crippen LogP contribution in [0.4, 0.5) is 13.2 Å². The van der Waals surface area contributed by atoms with Gasteiger partial charge >= 0.3 is 6.18 Å². The molecule has 0 aromatic carbocycles. The van der Waals surface area contributed by atoms with Gasteiger partial charge in [-0.2, -0.15) is 13.2 Å². The van der Waals surface area contributed by atoms with E-state index < -0.39 is 11.7 Å². The summed E-state index contributed by atoms with van der Waals surface area (Å²) in [4.78, 5) is 21.5. The molecule has 1 aromatic heterocycles. The summed E-state index contributed by atoms with van der Waals surface area (Å²) in [5.74, 6) is 0.454. The van der Waals surface area contributed by atoms with Crippen LogP contribution in [-0.2, 0) is 15.8 Å². The van der Waals surface area contributed by atoms with Gasteiger partial charge in [0.2, 0.25) is 0 Å². The number of carbonyl (C=O) groups excluding carboxylic acids is 1. The van der Waals surface area contributed by atoms with E-state index in [1.165, 1.54) is 17.8 Å². The van der Waals surface area contributed by atoms with Crippen LogP contribution in [0.1, 0.15) is 51.5 Å². The number of rotatable bonds is 9. The molecule has 1 atom stereocenters. The van der Waals surface area contributed by atoms with E-state index in [0.29, 0.717) is 48.8 Å². The van der Waals surface area contributed by atoms with Gasteiger partial charge in [0.05, 0.1) is 21.9 Å². The van der Waals surface area contributed by atoms with Gasteiger partial charge in [0.1, 0.15) is 12.4 Å². The number of ketones is 1. The lowest BCUT2D eigenvalue weighted by Gasteiger charge is -2.23. The Morgan fingerprint density at radius 1 is 1.34 bits per heavy atom. The topological polar surface area (TPSA) is 71.8 Å². The molecule has 1 unspecified atom stereocenters. The van der Waals surface area contributed by atoms with E-state index in [1.54, 1.807) is 6.92 Å². The van der Waals surface area contributed by atoms with Crippen LogP contribution in [0.3, 0.4) is 0 Å². The molecule has 1 aromatic rings. The summed E-state index contributed by atoms with van der Waals surface area (Å²) >= 11 is 1.33. The number of Topliss-reactive ketones (excluding diaryl/α,β-unsaturated/α-hetero) is 1. The summed E-state index contributed by atoms with van der Waals surface area (Å²) in [6.07, 6.45) is -0.946. The predicted octanol–water partition coefficient (Wildman–Crippen LogP) is 5.57. The lowest BCUT2D eigenvalue weighted by atomic mass is 9.83. The molecule has 0 spiro atoms. The van der Waals surface area contributed by atoms with Gasteiger partial charge in [-0.15, -0.1) is 11.8 Å². The number of hydrogen-bond donors (Lipinski definition) is 1. The van der Waals surface area contributed by atoms with Gasteiger partial charge in [-0.3, -0.25) is 4.79 Å². The Kier molecular flexibility index (Phi) is 8.55. The maximum atomic E-state index is 12.6.